The number of nitrogens with two attached hydrogens (primary N) is 1. The first kappa shape index (κ1) is 15.3. The van der Waals surface area contributed by atoms with Crippen LogP contribution in [0.5, 0.6) is 5.75 Å². The maximum atomic E-state index is 6.45. The van der Waals surface area contributed by atoms with Gasteiger partial charge in [0.15, 0.2) is 0 Å². The van der Waals surface area contributed by atoms with Crippen molar-refractivity contribution in [3.8, 4) is 5.75 Å². The lowest BCUT2D eigenvalue weighted by Crippen LogP contribution is -2.48. The average Bonchev–Trinajstić information content (AvgIpc) is 2.95. The van der Waals surface area contributed by atoms with Crippen LogP contribution in [0.1, 0.15) is 44.6 Å². The van der Waals surface area contributed by atoms with Gasteiger partial charge < -0.3 is 15.2 Å². The van der Waals surface area contributed by atoms with Gasteiger partial charge >= 0.3 is 0 Å². The highest BCUT2D eigenvalue weighted by molar-refractivity contribution is 5.27. The summed E-state index contributed by atoms with van der Waals surface area (Å²) in [5.74, 6) is 0.902. The maximum Gasteiger partial charge on any atom is 0.118 e. The number of hydrogen-bond acceptors (Lipinski definition) is 3. The van der Waals surface area contributed by atoms with Gasteiger partial charge in [-0.1, -0.05) is 25.0 Å². The lowest BCUT2D eigenvalue weighted by Gasteiger charge is -2.35. The first-order valence-electron chi connectivity index (χ1n) is 7.72. The number of methoxy groups -OCH3 is 1. The van der Waals surface area contributed by atoms with Gasteiger partial charge in [-0.15, -0.1) is 0 Å². The zero-order valence-corrected chi connectivity index (χ0v) is 12.7. The second kappa shape index (κ2) is 7.09. The third-order valence-corrected chi connectivity index (χ3v) is 4.46. The summed E-state index contributed by atoms with van der Waals surface area (Å²) in [5.41, 5.74) is 7.70. The quantitative estimate of drug-likeness (QED) is 0.831. The molecular weight excluding hydrogens is 250 g/mol. The fourth-order valence-electron chi connectivity index (χ4n) is 3.26. The van der Waals surface area contributed by atoms with Crippen molar-refractivity contribution in [2.24, 2.45) is 5.73 Å². The van der Waals surface area contributed by atoms with Gasteiger partial charge in [0.1, 0.15) is 5.75 Å². The molecule has 0 bridgehead atoms. The second-order valence-corrected chi connectivity index (χ2v) is 5.70. The van der Waals surface area contributed by atoms with Gasteiger partial charge in [-0.3, -0.25) is 0 Å². The van der Waals surface area contributed by atoms with Crippen LogP contribution in [0.15, 0.2) is 24.3 Å². The van der Waals surface area contributed by atoms with Gasteiger partial charge in [0.25, 0.3) is 0 Å². The molecule has 1 unspecified atom stereocenters. The molecule has 1 aromatic rings. The summed E-state index contributed by atoms with van der Waals surface area (Å²) in [4.78, 5) is 0. The van der Waals surface area contributed by atoms with Crippen LogP contribution in [0, 0.1) is 0 Å². The molecule has 1 atom stereocenters. The molecule has 112 valence electrons. The zero-order chi connectivity index (χ0) is 14.4. The molecule has 0 aromatic heterocycles. The van der Waals surface area contributed by atoms with E-state index in [0.29, 0.717) is 0 Å². The molecular formula is C17H27NO2. The zero-order valence-electron chi connectivity index (χ0n) is 12.7. The maximum absolute atomic E-state index is 6.45. The molecule has 0 amide bonds. The Bertz CT molecular complexity index is 396. The lowest BCUT2D eigenvalue weighted by molar-refractivity contribution is -0.0541. The number of benzene rings is 1. The molecule has 0 radical (unpaired) electrons. The topological polar surface area (TPSA) is 44.5 Å². The first-order chi connectivity index (χ1) is 9.70. The summed E-state index contributed by atoms with van der Waals surface area (Å²) < 4.78 is 11.2. The Morgan fingerprint density at radius 3 is 2.40 bits per heavy atom. The summed E-state index contributed by atoms with van der Waals surface area (Å²) in [6, 6.07) is 8.39. The Morgan fingerprint density at radius 1 is 1.20 bits per heavy atom. The number of aryl methyl sites for hydroxylation is 1. The molecule has 0 saturated heterocycles. The van der Waals surface area contributed by atoms with Crippen molar-refractivity contribution < 1.29 is 9.47 Å². The van der Waals surface area contributed by atoms with E-state index in [0.717, 1.165) is 38.0 Å². The monoisotopic (exact) mass is 277 g/mol. The van der Waals surface area contributed by atoms with Crippen LogP contribution in [0.25, 0.3) is 0 Å². The van der Waals surface area contributed by atoms with Gasteiger partial charge in [0.2, 0.25) is 0 Å². The minimum atomic E-state index is -0.0682. The largest absolute Gasteiger partial charge is 0.497 e. The van der Waals surface area contributed by atoms with Crippen molar-refractivity contribution in [2.45, 2.75) is 57.1 Å². The summed E-state index contributed by atoms with van der Waals surface area (Å²) in [6.07, 6.45) is 6.70. The van der Waals surface area contributed by atoms with Crippen LogP contribution in [0.4, 0.5) is 0 Å². The SMILES string of the molecule is CCOC1(C(N)CCc2ccc(OC)cc2)CCCC1. The highest BCUT2D eigenvalue weighted by atomic mass is 16.5. The first-order valence-corrected chi connectivity index (χ1v) is 7.72. The number of hydrogen-bond donors (Lipinski definition) is 1. The molecule has 1 aromatic carbocycles. The molecule has 3 heteroatoms. The Balaban J connectivity index is 1.91. The molecule has 0 aliphatic heterocycles. The van der Waals surface area contributed by atoms with E-state index in [4.69, 9.17) is 15.2 Å². The van der Waals surface area contributed by atoms with Crippen LogP contribution >= 0.6 is 0 Å². The third kappa shape index (κ3) is 3.53. The number of ether oxygens (including phenoxy) is 2. The van der Waals surface area contributed by atoms with E-state index in [1.165, 1.54) is 18.4 Å². The minimum Gasteiger partial charge on any atom is -0.497 e. The van der Waals surface area contributed by atoms with Crippen LogP contribution in [0.2, 0.25) is 0 Å². The molecule has 2 N–H and O–H groups in total. The second-order valence-electron chi connectivity index (χ2n) is 5.70. The van der Waals surface area contributed by atoms with E-state index >= 15 is 0 Å². The predicted molar refractivity (Wildman–Crippen MR) is 82.1 cm³/mol. The Morgan fingerprint density at radius 2 is 1.85 bits per heavy atom. The van der Waals surface area contributed by atoms with Gasteiger partial charge in [0, 0.05) is 12.6 Å². The van der Waals surface area contributed by atoms with E-state index in [1.54, 1.807) is 7.11 Å². The molecule has 1 saturated carbocycles. The van der Waals surface area contributed by atoms with Crippen molar-refractivity contribution in [1.82, 2.24) is 0 Å². The smallest absolute Gasteiger partial charge is 0.118 e. The van der Waals surface area contributed by atoms with Crippen LogP contribution in [0.3, 0.4) is 0 Å². The van der Waals surface area contributed by atoms with Gasteiger partial charge in [0.05, 0.1) is 12.7 Å². The Labute approximate surface area is 122 Å². The lowest BCUT2D eigenvalue weighted by atomic mass is 9.88. The molecule has 20 heavy (non-hydrogen) atoms. The van der Waals surface area contributed by atoms with E-state index < -0.39 is 0 Å². The summed E-state index contributed by atoms with van der Waals surface area (Å²) >= 11 is 0. The Hall–Kier alpha value is -1.06. The fraction of sp³-hybridized carbons (Fsp3) is 0.647. The van der Waals surface area contributed by atoms with Gasteiger partial charge in [-0.05, 0) is 50.3 Å². The predicted octanol–water partition coefficient (Wildman–Crippen LogP) is 3.30. The van der Waals surface area contributed by atoms with Crippen molar-refractivity contribution in [1.29, 1.82) is 0 Å². The van der Waals surface area contributed by atoms with Crippen molar-refractivity contribution in [2.75, 3.05) is 13.7 Å². The van der Waals surface area contributed by atoms with Gasteiger partial charge in [-0.25, -0.2) is 0 Å². The summed E-state index contributed by atoms with van der Waals surface area (Å²) in [5, 5.41) is 0. The van der Waals surface area contributed by atoms with Crippen molar-refractivity contribution >= 4 is 0 Å². The van der Waals surface area contributed by atoms with E-state index in [2.05, 4.69) is 19.1 Å². The molecule has 0 spiro atoms. The van der Waals surface area contributed by atoms with Gasteiger partial charge in [-0.2, -0.15) is 0 Å². The normalized spacial score (nSPS) is 18.9. The van der Waals surface area contributed by atoms with E-state index in [9.17, 15) is 0 Å². The molecule has 2 rings (SSSR count). The van der Waals surface area contributed by atoms with Crippen LogP contribution in [-0.2, 0) is 11.2 Å². The van der Waals surface area contributed by atoms with Crippen LogP contribution in [-0.4, -0.2) is 25.4 Å². The standard InChI is InChI=1S/C17H27NO2/c1-3-20-17(12-4-5-13-17)16(18)11-8-14-6-9-15(19-2)10-7-14/h6-7,9-10,16H,3-5,8,11-13,18H2,1-2H3. The van der Waals surface area contributed by atoms with E-state index in [-0.39, 0.29) is 11.6 Å². The van der Waals surface area contributed by atoms with Crippen molar-refractivity contribution in [3.05, 3.63) is 29.8 Å². The minimum absolute atomic E-state index is 0.0682. The fourth-order valence-corrected chi connectivity index (χ4v) is 3.26. The molecule has 0 heterocycles. The molecule has 3 nitrogen and oxygen atoms in total. The molecule has 1 aliphatic rings. The average molecular weight is 277 g/mol. The number of rotatable bonds is 7. The van der Waals surface area contributed by atoms with E-state index in [1.807, 2.05) is 12.1 Å². The van der Waals surface area contributed by atoms with Crippen molar-refractivity contribution in [3.63, 3.8) is 0 Å². The van der Waals surface area contributed by atoms with Crippen LogP contribution < -0.4 is 10.5 Å². The Kier molecular flexibility index (Phi) is 5.44. The highest BCUT2D eigenvalue weighted by Crippen LogP contribution is 2.36. The molecule has 1 aliphatic carbocycles. The summed E-state index contributed by atoms with van der Waals surface area (Å²) in [7, 11) is 1.69. The molecule has 1 fully saturated rings. The highest BCUT2D eigenvalue weighted by Gasteiger charge is 2.39. The summed E-state index contributed by atoms with van der Waals surface area (Å²) in [6.45, 7) is 2.83. The third-order valence-electron chi connectivity index (χ3n) is 4.46.